The number of nitrogens with one attached hydrogen (secondary N) is 2. The van der Waals surface area contributed by atoms with E-state index in [9.17, 15) is 4.79 Å². The molecule has 3 rings (SSSR count). The van der Waals surface area contributed by atoms with Crippen LogP contribution in [0.3, 0.4) is 0 Å². The van der Waals surface area contributed by atoms with Crippen LogP contribution in [-0.2, 0) is 4.79 Å². The molecule has 1 unspecified atom stereocenters. The van der Waals surface area contributed by atoms with Gasteiger partial charge >= 0.3 is 0 Å². The van der Waals surface area contributed by atoms with Crippen molar-refractivity contribution in [3.8, 4) is 0 Å². The van der Waals surface area contributed by atoms with Crippen molar-refractivity contribution in [2.75, 3.05) is 23.8 Å². The number of benzene rings is 2. The van der Waals surface area contributed by atoms with Crippen LogP contribution in [0.25, 0.3) is 0 Å². The molecule has 0 radical (unpaired) electrons. The van der Waals surface area contributed by atoms with Crippen LogP contribution in [-0.4, -0.2) is 19.5 Å². The molecule has 0 bridgehead atoms. The van der Waals surface area contributed by atoms with E-state index >= 15 is 0 Å². The Morgan fingerprint density at radius 2 is 1.86 bits per heavy atom. The topological polar surface area (TPSA) is 44.4 Å². The molecular formula is C17H19N3O. The van der Waals surface area contributed by atoms with Crippen LogP contribution in [0, 0.1) is 0 Å². The lowest BCUT2D eigenvalue weighted by atomic mass is 10.1. The summed E-state index contributed by atoms with van der Waals surface area (Å²) in [5.41, 5.74) is 4.16. The minimum atomic E-state index is 0.0152. The second-order valence-corrected chi connectivity index (χ2v) is 5.25. The summed E-state index contributed by atoms with van der Waals surface area (Å²) in [6, 6.07) is 16.5. The molecule has 2 aromatic rings. The lowest BCUT2D eigenvalue weighted by Crippen LogP contribution is -2.34. The van der Waals surface area contributed by atoms with Gasteiger partial charge in [-0.05, 0) is 43.8 Å². The number of nitrogens with zero attached hydrogens (tertiary/aromatic N) is 1. The molecule has 108 valence electrons. The highest BCUT2D eigenvalue weighted by Crippen LogP contribution is 2.34. The van der Waals surface area contributed by atoms with Gasteiger partial charge in [-0.2, -0.15) is 0 Å². The zero-order valence-electron chi connectivity index (χ0n) is 12.3. The zero-order valence-corrected chi connectivity index (χ0v) is 12.3. The summed E-state index contributed by atoms with van der Waals surface area (Å²) in [5.74, 6) is 0.0152. The van der Waals surface area contributed by atoms with Crippen molar-refractivity contribution in [3.05, 3.63) is 54.1 Å². The minimum Gasteiger partial charge on any atom is -0.330 e. The van der Waals surface area contributed by atoms with E-state index in [4.69, 9.17) is 0 Å². The molecule has 1 heterocycles. The van der Waals surface area contributed by atoms with Gasteiger partial charge in [0.1, 0.15) is 6.54 Å². The number of para-hydroxylation sites is 2. The summed E-state index contributed by atoms with van der Waals surface area (Å²) in [6.07, 6.45) is 0. The highest BCUT2D eigenvalue weighted by molar-refractivity contribution is 6.03. The number of carbonyl (C=O) groups is 1. The Kier molecular flexibility index (Phi) is 3.62. The highest BCUT2D eigenvalue weighted by atomic mass is 16.2. The second-order valence-electron chi connectivity index (χ2n) is 5.25. The number of anilines is 3. The van der Waals surface area contributed by atoms with Gasteiger partial charge in [0.2, 0.25) is 5.91 Å². The maximum atomic E-state index is 11.9. The van der Waals surface area contributed by atoms with Crippen LogP contribution in [0.1, 0.15) is 18.5 Å². The van der Waals surface area contributed by atoms with E-state index in [-0.39, 0.29) is 5.91 Å². The summed E-state index contributed by atoms with van der Waals surface area (Å²) < 4.78 is 0. The average Bonchev–Trinajstić information content (AvgIpc) is 2.53. The van der Waals surface area contributed by atoms with Gasteiger partial charge in [0, 0.05) is 11.7 Å². The molecule has 1 atom stereocenters. The van der Waals surface area contributed by atoms with E-state index in [1.807, 2.05) is 36.2 Å². The molecule has 0 saturated carbocycles. The first-order valence-corrected chi connectivity index (χ1v) is 7.12. The number of carbonyl (C=O) groups excluding carboxylic acids is 1. The van der Waals surface area contributed by atoms with Crippen molar-refractivity contribution in [1.29, 1.82) is 0 Å². The van der Waals surface area contributed by atoms with E-state index in [1.165, 1.54) is 5.56 Å². The summed E-state index contributed by atoms with van der Waals surface area (Å²) in [4.78, 5) is 13.9. The summed E-state index contributed by atoms with van der Waals surface area (Å²) >= 11 is 0. The first-order valence-electron chi connectivity index (χ1n) is 7.12. The fourth-order valence-electron chi connectivity index (χ4n) is 2.57. The van der Waals surface area contributed by atoms with E-state index in [2.05, 4.69) is 41.8 Å². The Hall–Kier alpha value is -2.33. The van der Waals surface area contributed by atoms with E-state index in [0.717, 1.165) is 17.1 Å². The number of hydrogen-bond donors (Lipinski definition) is 2. The van der Waals surface area contributed by atoms with E-state index < -0.39 is 0 Å². The summed E-state index contributed by atoms with van der Waals surface area (Å²) in [6.45, 7) is 2.47. The Labute approximate surface area is 124 Å². The van der Waals surface area contributed by atoms with Gasteiger partial charge in [0.15, 0.2) is 0 Å². The molecule has 21 heavy (non-hydrogen) atoms. The predicted octanol–water partition coefficient (Wildman–Crippen LogP) is 3.06. The molecule has 1 aliphatic heterocycles. The SMILES string of the molecule is CNC(C)c1ccc(N2CC(=O)Nc3ccccc32)cc1. The van der Waals surface area contributed by atoms with Gasteiger partial charge in [-0.25, -0.2) is 0 Å². The Morgan fingerprint density at radius 1 is 1.14 bits per heavy atom. The van der Waals surface area contributed by atoms with Crippen molar-refractivity contribution in [2.24, 2.45) is 0 Å². The number of fused-ring (bicyclic) bond motifs is 1. The van der Waals surface area contributed by atoms with Crippen molar-refractivity contribution >= 4 is 23.0 Å². The van der Waals surface area contributed by atoms with Gasteiger partial charge < -0.3 is 15.5 Å². The molecule has 2 aromatic carbocycles. The van der Waals surface area contributed by atoms with Crippen LogP contribution in [0.4, 0.5) is 17.1 Å². The molecule has 0 aliphatic carbocycles. The van der Waals surface area contributed by atoms with Gasteiger partial charge in [-0.3, -0.25) is 4.79 Å². The highest BCUT2D eigenvalue weighted by Gasteiger charge is 2.22. The maximum absolute atomic E-state index is 11.9. The largest absolute Gasteiger partial charge is 0.330 e. The van der Waals surface area contributed by atoms with E-state index in [0.29, 0.717) is 12.6 Å². The number of hydrogen-bond acceptors (Lipinski definition) is 3. The van der Waals surface area contributed by atoms with Crippen LogP contribution >= 0.6 is 0 Å². The molecule has 1 amide bonds. The van der Waals surface area contributed by atoms with Gasteiger partial charge in [-0.15, -0.1) is 0 Å². The van der Waals surface area contributed by atoms with Crippen LogP contribution in [0.15, 0.2) is 48.5 Å². The molecule has 0 aromatic heterocycles. The summed E-state index contributed by atoms with van der Waals surface area (Å²) in [7, 11) is 1.95. The maximum Gasteiger partial charge on any atom is 0.244 e. The van der Waals surface area contributed by atoms with Crippen LogP contribution in [0.2, 0.25) is 0 Å². The molecule has 0 saturated heterocycles. The van der Waals surface area contributed by atoms with Gasteiger partial charge in [0.25, 0.3) is 0 Å². The van der Waals surface area contributed by atoms with Crippen molar-refractivity contribution in [2.45, 2.75) is 13.0 Å². The Morgan fingerprint density at radius 3 is 2.57 bits per heavy atom. The fraction of sp³-hybridized carbons (Fsp3) is 0.235. The number of amides is 1. The fourth-order valence-corrected chi connectivity index (χ4v) is 2.57. The van der Waals surface area contributed by atoms with Crippen LogP contribution < -0.4 is 15.5 Å². The number of rotatable bonds is 3. The molecule has 4 nitrogen and oxygen atoms in total. The molecule has 0 spiro atoms. The molecule has 0 fully saturated rings. The molecule has 1 aliphatic rings. The lowest BCUT2D eigenvalue weighted by molar-refractivity contribution is -0.115. The van der Waals surface area contributed by atoms with Gasteiger partial charge in [0.05, 0.1) is 11.4 Å². The van der Waals surface area contributed by atoms with Crippen molar-refractivity contribution < 1.29 is 4.79 Å². The first kappa shape index (κ1) is 13.6. The quantitative estimate of drug-likeness (QED) is 0.909. The second kappa shape index (κ2) is 5.58. The zero-order chi connectivity index (χ0) is 14.8. The van der Waals surface area contributed by atoms with E-state index in [1.54, 1.807) is 0 Å². The Balaban J connectivity index is 1.95. The molecule has 4 heteroatoms. The molecule has 2 N–H and O–H groups in total. The van der Waals surface area contributed by atoms with Crippen molar-refractivity contribution in [1.82, 2.24) is 5.32 Å². The standard InChI is InChI=1S/C17H19N3O/c1-12(18-2)13-7-9-14(10-8-13)20-11-17(21)19-15-5-3-4-6-16(15)20/h3-10,12,18H,11H2,1-2H3,(H,19,21). The predicted molar refractivity (Wildman–Crippen MR) is 86.0 cm³/mol. The molecular weight excluding hydrogens is 262 g/mol. The Bertz CT molecular complexity index is 651. The van der Waals surface area contributed by atoms with Crippen molar-refractivity contribution in [3.63, 3.8) is 0 Å². The third kappa shape index (κ3) is 2.62. The first-order chi connectivity index (χ1) is 10.2. The normalized spacial score (nSPS) is 15.3. The van der Waals surface area contributed by atoms with Crippen LogP contribution in [0.5, 0.6) is 0 Å². The average molecular weight is 281 g/mol. The van der Waals surface area contributed by atoms with Gasteiger partial charge in [-0.1, -0.05) is 24.3 Å². The lowest BCUT2D eigenvalue weighted by Gasteiger charge is -2.31. The third-order valence-corrected chi connectivity index (χ3v) is 3.91. The minimum absolute atomic E-state index is 0.0152. The summed E-state index contributed by atoms with van der Waals surface area (Å²) in [5, 5.41) is 6.13. The monoisotopic (exact) mass is 281 g/mol. The smallest absolute Gasteiger partial charge is 0.244 e. The third-order valence-electron chi connectivity index (χ3n) is 3.91.